The first kappa shape index (κ1) is 25.5. The maximum atomic E-state index is 13.0. The quantitative estimate of drug-likeness (QED) is 0.537. The molecule has 2 atom stereocenters. The van der Waals surface area contributed by atoms with Crippen molar-refractivity contribution >= 4 is 28.8 Å². The van der Waals surface area contributed by atoms with Gasteiger partial charge in [0.25, 0.3) is 0 Å². The van der Waals surface area contributed by atoms with E-state index in [0.717, 1.165) is 46.2 Å². The highest BCUT2D eigenvalue weighted by Crippen LogP contribution is 2.46. The third-order valence-corrected chi connectivity index (χ3v) is 8.05. The summed E-state index contributed by atoms with van der Waals surface area (Å²) < 4.78 is 5.21. The van der Waals surface area contributed by atoms with Crippen LogP contribution in [0.25, 0.3) is 0 Å². The molecule has 1 aromatic carbocycles. The lowest BCUT2D eigenvalue weighted by Crippen LogP contribution is -2.38. The van der Waals surface area contributed by atoms with Crippen molar-refractivity contribution in [1.29, 1.82) is 0 Å². The first-order chi connectivity index (χ1) is 16.8. The summed E-state index contributed by atoms with van der Waals surface area (Å²) in [4.78, 5) is 35.2. The summed E-state index contributed by atoms with van der Waals surface area (Å²) in [7, 11) is 3.56. The third-order valence-electron chi connectivity index (χ3n) is 7.16. The number of nitrogens with zero attached hydrogens (tertiary/aromatic N) is 3. The number of hydrogen-bond donors (Lipinski definition) is 1. The molecule has 0 radical (unpaired) electrons. The minimum absolute atomic E-state index is 0.0111. The molecule has 0 aliphatic carbocycles. The molecule has 2 unspecified atom stereocenters. The van der Waals surface area contributed by atoms with Crippen LogP contribution < -0.4 is 5.32 Å². The van der Waals surface area contributed by atoms with E-state index in [4.69, 9.17) is 9.73 Å². The van der Waals surface area contributed by atoms with Crippen molar-refractivity contribution in [1.82, 2.24) is 15.1 Å². The molecule has 0 spiro atoms. The third kappa shape index (κ3) is 5.33. The van der Waals surface area contributed by atoms with Gasteiger partial charge in [0.2, 0.25) is 5.91 Å². The lowest BCUT2D eigenvalue weighted by atomic mass is 9.89. The zero-order chi connectivity index (χ0) is 25.1. The highest BCUT2D eigenvalue weighted by Gasteiger charge is 2.42. The van der Waals surface area contributed by atoms with E-state index in [1.54, 1.807) is 0 Å². The average Bonchev–Trinajstić information content (AvgIpc) is 3.43. The maximum Gasteiger partial charge on any atom is 0.338 e. The summed E-state index contributed by atoms with van der Waals surface area (Å²) in [6, 6.07) is 6.43. The molecule has 7 nitrogen and oxygen atoms in total. The molecule has 1 aromatic rings. The molecule has 1 fully saturated rings. The Morgan fingerprint density at radius 1 is 1.29 bits per heavy atom. The molecule has 1 saturated heterocycles. The van der Waals surface area contributed by atoms with E-state index >= 15 is 0 Å². The van der Waals surface area contributed by atoms with Crippen LogP contribution in [-0.2, 0) is 14.3 Å². The fourth-order valence-electron chi connectivity index (χ4n) is 5.29. The molecule has 1 N–H and O–H groups in total. The predicted octanol–water partition coefficient (Wildman–Crippen LogP) is 4.43. The van der Waals surface area contributed by atoms with Crippen LogP contribution in [0.5, 0.6) is 0 Å². The number of methoxy groups -OCH3 is 1. The number of amides is 1. The number of allylic oxidation sites excluding steroid dienone is 1. The van der Waals surface area contributed by atoms with Crippen molar-refractivity contribution in [2.75, 3.05) is 27.2 Å². The summed E-state index contributed by atoms with van der Waals surface area (Å²) in [5.41, 5.74) is 5.41. The number of thioether (sulfide) groups is 1. The molecule has 0 aromatic heterocycles. The minimum Gasteiger partial charge on any atom is -0.466 e. The van der Waals surface area contributed by atoms with Crippen LogP contribution in [0.3, 0.4) is 0 Å². The SMILES string of the molecule is CCC1=C(C(=O)OC)C(c2ccc(C)cc2C)N2C(CC(=O)NCCC3CCCN3C)=CSC2=N1. The molecule has 3 heterocycles. The number of carbonyl (C=O) groups excluding carboxylic acids is 2. The number of carbonyl (C=O) groups is 2. The number of benzene rings is 1. The van der Waals surface area contributed by atoms with Gasteiger partial charge in [-0.25, -0.2) is 9.79 Å². The van der Waals surface area contributed by atoms with Gasteiger partial charge in [-0.2, -0.15) is 0 Å². The number of aliphatic imine (C=N–C) groups is 1. The van der Waals surface area contributed by atoms with E-state index in [2.05, 4.69) is 54.2 Å². The van der Waals surface area contributed by atoms with Crippen LogP contribution in [0, 0.1) is 13.8 Å². The van der Waals surface area contributed by atoms with Crippen LogP contribution in [0.2, 0.25) is 0 Å². The topological polar surface area (TPSA) is 74.2 Å². The van der Waals surface area contributed by atoms with Gasteiger partial charge in [0.15, 0.2) is 5.17 Å². The van der Waals surface area contributed by atoms with Crippen LogP contribution in [-0.4, -0.2) is 60.1 Å². The highest BCUT2D eigenvalue weighted by atomic mass is 32.2. The maximum absolute atomic E-state index is 13.0. The van der Waals surface area contributed by atoms with Crippen LogP contribution in [0.15, 0.2) is 45.6 Å². The summed E-state index contributed by atoms with van der Waals surface area (Å²) in [5, 5.41) is 5.90. The largest absolute Gasteiger partial charge is 0.466 e. The first-order valence-corrected chi connectivity index (χ1v) is 13.3. The molecule has 188 valence electrons. The predicted molar refractivity (Wildman–Crippen MR) is 141 cm³/mol. The molecular formula is C27H36N4O3S. The van der Waals surface area contributed by atoms with Crippen molar-refractivity contribution < 1.29 is 14.3 Å². The Kier molecular flexibility index (Phi) is 8.02. The number of ether oxygens (including phenoxy) is 1. The van der Waals surface area contributed by atoms with Gasteiger partial charge in [-0.05, 0) is 69.7 Å². The van der Waals surface area contributed by atoms with E-state index in [1.165, 1.54) is 31.7 Å². The average molecular weight is 497 g/mol. The number of fused-ring (bicyclic) bond motifs is 1. The van der Waals surface area contributed by atoms with Crippen molar-refractivity contribution in [2.24, 2.45) is 4.99 Å². The van der Waals surface area contributed by atoms with E-state index in [-0.39, 0.29) is 24.3 Å². The van der Waals surface area contributed by atoms with E-state index in [0.29, 0.717) is 24.6 Å². The molecule has 8 heteroatoms. The molecule has 1 amide bonds. The molecule has 3 aliphatic heterocycles. The van der Waals surface area contributed by atoms with Gasteiger partial charge < -0.3 is 19.9 Å². The Hall–Kier alpha value is -2.58. The second kappa shape index (κ2) is 11.0. The molecule has 4 rings (SSSR count). The van der Waals surface area contributed by atoms with Gasteiger partial charge in [-0.3, -0.25) is 4.79 Å². The Morgan fingerprint density at radius 2 is 2.09 bits per heavy atom. The molecule has 3 aliphatic rings. The van der Waals surface area contributed by atoms with Crippen LogP contribution >= 0.6 is 11.8 Å². The second-order valence-electron chi connectivity index (χ2n) is 9.55. The normalized spacial score (nSPS) is 22.1. The molecule has 0 bridgehead atoms. The number of hydrogen-bond acceptors (Lipinski definition) is 7. The number of likely N-dealkylation sites (tertiary alicyclic amines) is 1. The van der Waals surface area contributed by atoms with E-state index in [1.807, 2.05) is 12.3 Å². The van der Waals surface area contributed by atoms with Gasteiger partial charge in [-0.15, -0.1) is 0 Å². The number of esters is 1. The molecule has 35 heavy (non-hydrogen) atoms. The lowest BCUT2D eigenvalue weighted by Gasteiger charge is -2.37. The number of aryl methyl sites for hydroxylation is 2. The minimum atomic E-state index is -0.383. The van der Waals surface area contributed by atoms with Gasteiger partial charge >= 0.3 is 5.97 Å². The Balaban J connectivity index is 1.58. The van der Waals surface area contributed by atoms with Crippen molar-refractivity contribution in [3.63, 3.8) is 0 Å². The van der Waals surface area contributed by atoms with E-state index < -0.39 is 0 Å². The standard InChI is InChI=1S/C27H36N4O3S/c1-6-22-24(26(33)34-5)25(21-10-9-17(2)14-18(21)3)31-20(16-35-27(31)29-22)15-23(32)28-12-11-19-8-7-13-30(19)4/h9-10,14,16,19,25H,6-8,11-13,15H2,1-5H3,(H,28,32). The van der Waals surface area contributed by atoms with Crippen LogP contribution in [0.4, 0.5) is 0 Å². The zero-order valence-corrected chi connectivity index (χ0v) is 22.2. The van der Waals surface area contributed by atoms with Gasteiger partial charge in [0, 0.05) is 18.3 Å². The van der Waals surface area contributed by atoms with Crippen molar-refractivity contribution in [2.45, 2.75) is 65.0 Å². The van der Waals surface area contributed by atoms with E-state index in [9.17, 15) is 9.59 Å². The fraction of sp³-hybridized carbons (Fsp3) is 0.519. The Morgan fingerprint density at radius 3 is 2.74 bits per heavy atom. The van der Waals surface area contributed by atoms with Crippen molar-refractivity contribution in [3.8, 4) is 0 Å². The highest BCUT2D eigenvalue weighted by molar-refractivity contribution is 8.16. The number of amidine groups is 1. The first-order valence-electron chi connectivity index (χ1n) is 12.4. The van der Waals surface area contributed by atoms with Crippen molar-refractivity contribution in [3.05, 3.63) is 57.3 Å². The monoisotopic (exact) mass is 496 g/mol. The Bertz CT molecular complexity index is 1090. The Labute approximate surface area is 212 Å². The van der Waals surface area contributed by atoms with Gasteiger partial charge in [0.05, 0.1) is 30.8 Å². The second-order valence-corrected chi connectivity index (χ2v) is 10.4. The summed E-state index contributed by atoms with van der Waals surface area (Å²) in [6.45, 7) is 7.93. The molecular weight excluding hydrogens is 460 g/mol. The summed E-state index contributed by atoms with van der Waals surface area (Å²) in [6.07, 6.45) is 4.25. The van der Waals surface area contributed by atoms with Gasteiger partial charge in [-0.1, -0.05) is 42.4 Å². The smallest absolute Gasteiger partial charge is 0.338 e. The molecule has 0 saturated carbocycles. The lowest BCUT2D eigenvalue weighted by molar-refractivity contribution is -0.136. The fourth-order valence-corrected chi connectivity index (χ4v) is 6.23. The summed E-state index contributed by atoms with van der Waals surface area (Å²) in [5.74, 6) is -0.390. The number of nitrogens with one attached hydrogen (secondary N) is 1. The zero-order valence-electron chi connectivity index (χ0n) is 21.4. The van der Waals surface area contributed by atoms with Gasteiger partial charge in [0.1, 0.15) is 0 Å². The summed E-state index contributed by atoms with van der Waals surface area (Å²) >= 11 is 1.51. The number of rotatable bonds is 8. The van der Waals surface area contributed by atoms with Crippen LogP contribution in [0.1, 0.15) is 61.8 Å².